The molecule has 0 atom stereocenters. The standard InChI is InChI=1S/C20H20FN3O5/c1-2-29-20(26)15-5-8-17(18(13-15)24(27)28)22-9-11-23(12-10-22)19(25)14-3-6-16(21)7-4-14/h3-8,13H,2,9-12H2,1H3. The quantitative estimate of drug-likeness (QED) is 0.435. The largest absolute Gasteiger partial charge is 0.462 e. The fourth-order valence-corrected chi connectivity index (χ4v) is 3.20. The monoisotopic (exact) mass is 401 g/mol. The van der Waals surface area contributed by atoms with Crippen molar-refractivity contribution in [2.75, 3.05) is 37.7 Å². The molecule has 3 rings (SSSR count). The van der Waals surface area contributed by atoms with Gasteiger partial charge in [0.15, 0.2) is 0 Å². The van der Waals surface area contributed by atoms with Gasteiger partial charge in [0.1, 0.15) is 11.5 Å². The Bertz CT molecular complexity index is 924. The van der Waals surface area contributed by atoms with E-state index >= 15 is 0 Å². The lowest BCUT2D eigenvalue weighted by molar-refractivity contribution is -0.384. The maximum absolute atomic E-state index is 13.0. The van der Waals surface area contributed by atoms with Gasteiger partial charge in [0.2, 0.25) is 0 Å². The predicted octanol–water partition coefficient (Wildman–Crippen LogP) is 2.87. The van der Waals surface area contributed by atoms with Crippen LogP contribution in [0.4, 0.5) is 15.8 Å². The topological polar surface area (TPSA) is 93.0 Å². The molecule has 29 heavy (non-hydrogen) atoms. The lowest BCUT2D eigenvalue weighted by Crippen LogP contribution is -2.49. The van der Waals surface area contributed by atoms with Gasteiger partial charge in [0.05, 0.1) is 17.1 Å². The van der Waals surface area contributed by atoms with Gasteiger partial charge >= 0.3 is 5.97 Å². The zero-order valence-corrected chi connectivity index (χ0v) is 15.8. The van der Waals surface area contributed by atoms with Gasteiger partial charge in [0, 0.05) is 37.8 Å². The minimum absolute atomic E-state index is 0.118. The number of hydrogen-bond donors (Lipinski definition) is 0. The molecule has 0 bridgehead atoms. The van der Waals surface area contributed by atoms with Crippen molar-refractivity contribution >= 4 is 23.3 Å². The average Bonchev–Trinajstić information content (AvgIpc) is 2.73. The molecule has 0 unspecified atom stereocenters. The van der Waals surface area contributed by atoms with E-state index in [1.54, 1.807) is 11.8 Å². The fraction of sp³-hybridized carbons (Fsp3) is 0.300. The van der Waals surface area contributed by atoms with Crippen molar-refractivity contribution in [2.45, 2.75) is 6.92 Å². The first kappa shape index (κ1) is 20.2. The molecule has 1 fully saturated rings. The van der Waals surface area contributed by atoms with E-state index in [2.05, 4.69) is 0 Å². The maximum Gasteiger partial charge on any atom is 0.338 e. The number of nitro groups is 1. The van der Waals surface area contributed by atoms with Gasteiger partial charge in [0.25, 0.3) is 11.6 Å². The van der Waals surface area contributed by atoms with Crippen LogP contribution in [0.15, 0.2) is 42.5 Å². The van der Waals surface area contributed by atoms with Gasteiger partial charge in [-0.2, -0.15) is 0 Å². The molecule has 8 nitrogen and oxygen atoms in total. The Morgan fingerprint density at radius 1 is 1.07 bits per heavy atom. The molecule has 9 heteroatoms. The molecule has 0 aliphatic carbocycles. The van der Waals surface area contributed by atoms with Crippen LogP contribution in [0.3, 0.4) is 0 Å². The minimum Gasteiger partial charge on any atom is -0.462 e. The number of piperazine rings is 1. The Kier molecular flexibility index (Phi) is 6.06. The minimum atomic E-state index is -0.614. The first-order valence-electron chi connectivity index (χ1n) is 9.16. The van der Waals surface area contributed by atoms with Crippen LogP contribution in [0, 0.1) is 15.9 Å². The molecule has 1 saturated heterocycles. The van der Waals surface area contributed by atoms with Crippen molar-refractivity contribution < 1.29 is 23.6 Å². The molecule has 1 aliphatic heterocycles. The van der Waals surface area contributed by atoms with E-state index in [0.717, 1.165) is 0 Å². The van der Waals surface area contributed by atoms with Gasteiger partial charge < -0.3 is 14.5 Å². The SMILES string of the molecule is CCOC(=O)c1ccc(N2CCN(C(=O)c3ccc(F)cc3)CC2)c([N+](=O)[O-])c1. The van der Waals surface area contributed by atoms with Gasteiger partial charge in [-0.05, 0) is 43.3 Å². The third kappa shape index (κ3) is 4.50. The lowest BCUT2D eigenvalue weighted by Gasteiger charge is -2.35. The number of nitro benzene ring substituents is 1. The van der Waals surface area contributed by atoms with Crippen molar-refractivity contribution in [1.29, 1.82) is 0 Å². The van der Waals surface area contributed by atoms with Gasteiger partial charge in [-0.1, -0.05) is 0 Å². The third-order valence-corrected chi connectivity index (χ3v) is 4.68. The summed E-state index contributed by atoms with van der Waals surface area (Å²) in [7, 11) is 0. The zero-order chi connectivity index (χ0) is 21.0. The number of rotatable bonds is 5. The summed E-state index contributed by atoms with van der Waals surface area (Å²) in [4.78, 5) is 38.8. The zero-order valence-electron chi connectivity index (χ0n) is 15.8. The Morgan fingerprint density at radius 2 is 1.69 bits per heavy atom. The summed E-state index contributed by atoms with van der Waals surface area (Å²) in [5, 5.41) is 11.5. The number of halogens is 1. The van der Waals surface area contributed by atoms with Crippen LogP contribution in [0.2, 0.25) is 0 Å². The molecular weight excluding hydrogens is 381 g/mol. The smallest absolute Gasteiger partial charge is 0.338 e. The molecule has 2 aromatic carbocycles. The summed E-state index contributed by atoms with van der Waals surface area (Å²) in [5.74, 6) is -1.24. The van der Waals surface area contributed by atoms with Crippen molar-refractivity contribution in [3.8, 4) is 0 Å². The van der Waals surface area contributed by atoms with E-state index < -0.39 is 16.7 Å². The molecule has 2 aromatic rings. The number of anilines is 1. The highest BCUT2D eigenvalue weighted by Gasteiger charge is 2.27. The summed E-state index contributed by atoms with van der Waals surface area (Å²) in [6.07, 6.45) is 0. The summed E-state index contributed by atoms with van der Waals surface area (Å²) in [6.45, 7) is 3.37. The molecule has 0 radical (unpaired) electrons. The Balaban J connectivity index is 1.73. The second-order valence-corrected chi connectivity index (χ2v) is 6.47. The number of carbonyl (C=O) groups excluding carboxylic acids is 2. The van der Waals surface area contributed by atoms with Crippen molar-refractivity contribution in [3.05, 3.63) is 69.5 Å². The lowest BCUT2D eigenvalue weighted by atomic mass is 10.1. The van der Waals surface area contributed by atoms with Gasteiger partial charge in [-0.3, -0.25) is 14.9 Å². The number of benzene rings is 2. The number of esters is 1. The van der Waals surface area contributed by atoms with E-state index in [0.29, 0.717) is 37.4 Å². The molecule has 0 aromatic heterocycles. The highest BCUT2D eigenvalue weighted by atomic mass is 19.1. The van der Waals surface area contributed by atoms with Crippen molar-refractivity contribution in [3.63, 3.8) is 0 Å². The third-order valence-electron chi connectivity index (χ3n) is 4.68. The maximum atomic E-state index is 13.0. The molecule has 152 valence electrons. The predicted molar refractivity (Wildman–Crippen MR) is 104 cm³/mol. The molecular formula is C20H20FN3O5. The van der Waals surface area contributed by atoms with Gasteiger partial charge in [-0.15, -0.1) is 0 Å². The normalized spacial score (nSPS) is 13.9. The molecule has 0 N–H and O–H groups in total. The molecule has 0 saturated carbocycles. The van der Waals surface area contributed by atoms with Crippen LogP contribution in [-0.4, -0.2) is 54.5 Å². The van der Waals surface area contributed by atoms with Crippen LogP contribution in [-0.2, 0) is 4.74 Å². The number of amides is 1. The first-order chi connectivity index (χ1) is 13.9. The highest BCUT2D eigenvalue weighted by Crippen LogP contribution is 2.30. The van der Waals surface area contributed by atoms with Crippen LogP contribution < -0.4 is 4.90 Å². The Labute approximate surface area is 166 Å². The highest BCUT2D eigenvalue weighted by molar-refractivity contribution is 5.94. The fourth-order valence-electron chi connectivity index (χ4n) is 3.20. The van der Waals surface area contributed by atoms with E-state index in [1.807, 2.05) is 4.90 Å². The summed E-state index contributed by atoms with van der Waals surface area (Å²) in [6, 6.07) is 9.57. The van der Waals surface area contributed by atoms with Crippen molar-refractivity contribution in [2.24, 2.45) is 0 Å². The van der Waals surface area contributed by atoms with Gasteiger partial charge in [-0.25, -0.2) is 9.18 Å². The summed E-state index contributed by atoms with van der Waals surface area (Å²) < 4.78 is 17.9. The second kappa shape index (κ2) is 8.68. The van der Waals surface area contributed by atoms with Crippen LogP contribution >= 0.6 is 0 Å². The van der Waals surface area contributed by atoms with Crippen LogP contribution in [0.5, 0.6) is 0 Å². The van der Waals surface area contributed by atoms with E-state index in [9.17, 15) is 24.1 Å². The molecule has 1 aliphatic rings. The van der Waals surface area contributed by atoms with E-state index in [-0.39, 0.29) is 23.8 Å². The van der Waals surface area contributed by atoms with Crippen molar-refractivity contribution in [1.82, 2.24) is 4.90 Å². The number of nitrogens with zero attached hydrogens (tertiary/aromatic N) is 3. The summed E-state index contributed by atoms with van der Waals surface area (Å²) >= 11 is 0. The molecule has 1 amide bonds. The number of ether oxygens (including phenoxy) is 1. The van der Waals surface area contributed by atoms with Crippen LogP contribution in [0.1, 0.15) is 27.6 Å². The van der Waals surface area contributed by atoms with Crippen LogP contribution in [0.25, 0.3) is 0 Å². The second-order valence-electron chi connectivity index (χ2n) is 6.47. The molecule has 1 heterocycles. The van der Waals surface area contributed by atoms with E-state index in [1.165, 1.54) is 42.5 Å². The summed E-state index contributed by atoms with van der Waals surface area (Å²) in [5.41, 5.74) is 0.711. The number of hydrogen-bond acceptors (Lipinski definition) is 6. The van der Waals surface area contributed by atoms with E-state index in [4.69, 9.17) is 4.74 Å². The first-order valence-corrected chi connectivity index (χ1v) is 9.16. The average molecular weight is 401 g/mol. The Hall–Kier alpha value is -3.49. The molecule has 0 spiro atoms. The number of carbonyl (C=O) groups is 2. The Morgan fingerprint density at radius 3 is 2.28 bits per heavy atom.